The van der Waals surface area contributed by atoms with Gasteiger partial charge in [0.05, 0.1) is 26.4 Å². The van der Waals surface area contributed by atoms with Crippen LogP contribution in [0.1, 0.15) is 15.4 Å². The average Bonchev–Trinajstić information content (AvgIpc) is 2.84. The summed E-state index contributed by atoms with van der Waals surface area (Å²) in [6.45, 7) is 0.484. The van der Waals surface area contributed by atoms with Gasteiger partial charge in [-0.15, -0.1) is 22.7 Å². The molecule has 0 saturated heterocycles. The van der Waals surface area contributed by atoms with Gasteiger partial charge in [-0.25, -0.2) is 4.98 Å². The van der Waals surface area contributed by atoms with E-state index in [1.54, 1.807) is 11.6 Å². The Labute approximate surface area is 103 Å². The van der Waals surface area contributed by atoms with Crippen molar-refractivity contribution in [1.82, 2.24) is 10.3 Å². The van der Waals surface area contributed by atoms with Gasteiger partial charge in [-0.3, -0.25) is 4.79 Å². The molecular formula is C9H7BrN2OS2. The zero-order chi connectivity index (χ0) is 10.7. The zero-order valence-electron chi connectivity index (χ0n) is 7.57. The summed E-state index contributed by atoms with van der Waals surface area (Å²) >= 11 is 6.26. The highest BCUT2D eigenvalue weighted by atomic mass is 79.9. The maximum atomic E-state index is 11.6. The summed E-state index contributed by atoms with van der Waals surface area (Å²) in [5.41, 5.74) is 2.65. The van der Waals surface area contributed by atoms with E-state index in [9.17, 15) is 4.79 Å². The highest BCUT2D eigenvalue weighted by molar-refractivity contribution is 9.11. The monoisotopic (exact) mass is 302 g/mol. The van der Waals surface area contributed by atoms with Gasteiger partial charge in [-0.1, -0.05) is 0 Å². The first kappa shape index (κ1) is 10.8. The van der Waals surface area contributed by atoms with Gasteiger partial charge in [0.2, 0.25) is 0 Å². The fraction of sp³-hybridized carbons (Fsp3) is 0.111. The predicted molar refractivity (Wildman–Crippen MR) is 65.3 cm³/mol. The van der Waals surface area contributed by atoms with Crippen LogP contribution in [0.3, 0.4) is 0 Å². The molecule has 0 radical (unpaired) electrons. The Bertz CT molecular complexity index is 452. The second-order valence-corrected chi connectivity index (χ2v) is 5.95. The van der Waals surface area contributed by atoms with Gasteiger partial charge in [-0.2, -0.15) is 0 Å². The smallest absolute Gasteiger partial charge is 0.261 e. The van der Waals surface area contributed by atoms with Gasteiger partial charge < -0.3 is 5.32 Å². The summed E-state index contributed by atoms with van der Waals surface area (Å²) in [5, 5.41) is 4.73. The molecule has 0 aliphatic rings. The molecule has 0 aliphatic carbocycles. The second-order valence-electron chi connectivity index (χ2n) is 2.77. The topological polar surface area (TPSA) is 42.0 Å². The maximum Gasteiger partial charge on any atom is 0.261 e. The van der Waals surface area contributed by atoms with E-state index in [4.69, 9.17) is 0 Å². The molecule has 2 aromatic rings. The van der Waals surface area contributed by atoms with Crippen molar-refractivity contribution < 1.29 is 4.79 Å². The predicted octanol–water partition coefficient (Wildman–Crippen LogP) is 2.90. The number of amides is 1. The fourth-order valence-corrected chi connectivity index (χ4v) is 2.88. The third-order valence-electron chi connectivity index (χ3n) is 1.71. The van der Waals surface area contributed by atoms with E-state index in [1.165, 1.54) is 22.7 Å². The van der Waals surface area contributed by atoms with Crippen LogP contribution >= 0.6 is 38.6 Å². The minimum Gasteiger partial charge on any atom is -0.346 e. The van der Waals surface area contributed by atoms with Crippen LogP contribution in [0.25, 0.3) is 0 Å². The minimum absolute atomic E-state index is 0.0568. The molecule has 6 heteroatoms. The highest BCUT2D eigenvalue weighted by Gasteiger charge is 2.07. The summed E-state index contributed by atoms with van der Waals surface area (Å²) < 4.78 is 0.960. The molecule has 0 aromatic carbocycles. The average molecular weight is 303 g/mol. The van der Waals surface area contributed by atoms with Crippen molar-refractivity contribution in [3.05, 3.63) is 37.4 Å². The molecule has 15 heavy (non-hydrogen) atoms. The Morgan fingerprint density at radius 3 is 3.00 bits per heavy atom. The number of hydrogen-bond acceptors (Lipinski definition) is 4. The molecule has 0 spiro atoms. The van der Waals surface area contributed by atoms with Gasteiger partial charge in [-0.05, 0) is 28.1 Å². The van der Waals surface area contributed by atoms with Crippen LogP contribution in [0.4, 0.5) is 0 Å². The fourth-order valence-electron chi connectivity index (χ4n) is 1.02. The Hall–Kier alpha value is -0.720. The van der Waals surface area contributed by atoms with Crippen molar-refractivity contribution in [2.24, 2.45) is 0 Å². The van der Waals surface area contributed by atoms with E-state index in [0.29, 0.717) is 11.4 Å². The molecule has 0 bridgehead atoms. The number of carbonyl (C=O) groups is 1. The molecule has 2 rings (SSSR count). The van der Waals surface area contributed by atoms with E-state index in [0.717, 1.165) is 9.48 Å². The number of halogens is 1. The first-order valence-electron chi connectivity index (χ1n) is 4.16. The molecule has 0 unspecified atom stereocenters. The van der Waals surface area contributed by atoms with Crippen LogP contribution in [0.2, 0.25) is 0 Å². The van der Waals surface area contributed by atoms with E-state index in [-0.39, 0.29) is 5.91 Å². The van der Waals surface area contributed by atoms with Crippen molar-refractivity contribution in [3.8, 4) is 0 Å². The molecular weight excluding hydrogens is 296 g/mol. The minimum atomic E-state index is -0.0568. The van der Waals surface area contributed by atoms with Crippen molar-refractivity contribution in [1.29, 1.82) is 0 Å². The number of nitrogens with zero attached hydrogens (tertiary/aromatic N) is 1. The number of carbonyl (C=O) groups excluding carboxylic acids is 1. The normalized spacial score (nSPS) is 10.2. The first-order valence-corrected chi connectivity index (χ1v) is 6.71. The largest absolute Gasteiger partial charge is 0.346 e. The van der Waals surface area contributed by atoms with Crippen molar-refractivity contribution >= 4 is 44.5 Å². The van der Waals surface area contributed by atoms with Crippen LogP contribution in [0, 0.1) is 0 Å². The molecule has 3 nitrogen and oxygen atoms in total. The quantitative estimate of drug-likeness (QED) is 0.947. The maximum absolute atomic E-state index is 11.6. The lowest BCUT2D eigenvalue weighted by Crippen LogP contribution is -2.21. The van der Waals surface area contributed by atoms with Gasteiger partial charge in [0.25, 0.3) is 5.91 Å². The molecule has 0 aliphatic heterocycles. The van der Waals surface area contributed by atoms with Crippen LogP contribution in [-0.4, -0.2) is 10.9 Å². The standard InChI is InChI=1S/C9H7BrN2OS2/c10-8-2-1-7(15-8)9(13)11-3-6-4-14-5-12-6/h1-2,4-5H,3H2,(H,11,13). The Morgan fingerprint density at radius 1 is 1.53 bits per heavy atom. The molecule has 2 aromatic heterocycles. The van der Waals surface area contributed by atoms with E-state index < -0.39 is 0 Å². The number of aromatic nitrogens is 1. The molecule has 2 heterocycles. The summed E-state index contributed by atoms with van der Waals surface area (Å²) in [6, 6.07) is 3.66. The van der Waals surface area contributed by atoms with Crippen LogP contribution in [-0.2, 0) is 6.54 Å². The molecule has 0 saturated carbocycles. The third-order valence-corrected chi connectivity index (χ3v) is 3.97. The number of nitrogens with one attached hydrogen (secondary N) is 1. The Kier molecular flexibility index (Phi) is 3.50. The van der Waals surface area contributed by atoms with E-state index in [2.05, 4.69) is 26.2 Å². The van der Waals surface area contributed by atoms with Gasteiger partial charge >= 0.3 is 0 Å². The molecule has 1 amide bonds. The first-order chi connectivity index (χ1) is 7.25. The van der Waals surface area contributed by atoms with Crippen LogP contribution in [0.15, 0.2) is 26.8 Å². The molecule has 0 atom stereocenters. The van der Waals surface area contributed by atoms with Crippen molar-refractivity contribution in [3.63, 3.8) is 0 Å². The second kappa shape index (κ2) is 4.87. The zero-order valence-corrected chi connectivity index (χ0v) is 10.8. The summed E-state index contributed by atoms with van der Waals surface area (Å²) in [6.07, 6.45) is 0. The van der Waals surface area contributed by atoms with E-state index in [1.807, 2.05) is 11.4 Å². The van der Waals surface area contributed by atoms with Gasteiger partial charge in [0.15, 0.2) is 0 Å². The summed E-state index contributed by atoms with van der Waals surface area (Å²) in [5.74, 6) is -0.0568. The molecule has 0 fully saturated rings. The third kappa shape index (κ3) is 2.87. The Balaban J connectivity index is 1.93. The van der Waals surface area contributed by atoms with Gasteiger partial charge in [0.1, 0.15) is 0 Å². The SMILES string of the molecule is O=C(NCc1cscn1)c1ccc(Br)s1. The molecule has 78 valence electrons. The number of thiazole rings is 1. The van der Waals surface area contributed by atoms with Crippen LogP contribution in [0.5, 0.6) is 0 Å². The summed E-state index contributed by atoms with van der Waals surface area (Å²) in [7, 11) is 0. The number of thiophene rings is 1. The van der Waals surface area contributed by atoms with Crippen molar-refractivity contribution in [2.45, 2.75) is 6.54 Å². The lowest BCUT2D eigenvalue weighted by atomic mass is 10.4. The number of hydrogen-bond donors (Lipinski definition) is 1. The Morgan fingerprint density at radius 2 is 2.40 bits per heavy atom. The summed E-state index contributed by atoms with van der Waals surface area (Å²) in [4.78, 5) is 16.4. The highest BCUT2D eigenvalue weighted by Crippen LogP contribution is 2.21. The lowest BCUT2D eigenvalue weighted by molar-refractivity contribution is 0.0954. The van der Waals surface area contributed by atoms with E-state index >= 15 is 0 Å². The number of rotatable bonds is 3. The van der Waals surface area contributed by atoms with Crippen molar-refractivity contribution in [2.75, 3.05) is 0 Å². The van der Waals surface area contributed by atoms with Crippen LogP contribution < -0.4 is 5.32 Å². The van der Waals surface area contributed by atoms with Gasteiger partial charge in [0, 0.05) is 5.38 Å². The molecule has 1 N–H and O–H groups in total. The lowest BCUT2D eigenvalue weighted by Gasteiger charge is -1.99.